The number of nitrogens with one attached hydrogen (secondary N) is 1. The van der Waals surface area contributed by atoms with Crippen molar-refractivity contribution in [2.45, 2.75) is 58.8 Å². The maximum absolute atomic E-state index is 11.6. The summed E-state index contributed by atoms with van der Waals surface area (Å²) in [4.78, 5) is 24.7. The van der Waals surface area contributed by atoms with Crippen LogP contribution in [0.3, 0.4) is 0 Å². The van der Waals surface area contributed by atoms with E-state index in [9.17, 15) is 9.59 Å². The van der Waals surface area contributed by atoms with Gasteiger partial charge in [0.05, 0.1) is 13.1 Å². The van der Waals surface area contributed by atoms with Gasteiger partial charge in [-0.3, -0.25) is 0 Å². The third-order valence-corrected chi connectivity index (χ3v) is 2.25. The van der Waals surface area contributed by atoms with E-state index >= 15 is 0 Å². The molecule has 6 nitrogen and oxygen atoms in total. The number of carbonyl (C=O) groups is 2. The lowest BCUT2D eigenvalue weighted by atomic mass is 10.1. The van der Waals surface area contributed by atoms with Gasteiger partial charge in [0.15, 0.2) is 0 Å². The first-order valence-corrected chi connectivity index (χ1v) is 6.43. The SMILES string of the molecule is CC(C)(C)NC(=O)OC1CN(C(=O)OC(C)(C)C)C1. The summed E-state index contributed by atoms with van der Waals surface area (Å²) in [5, 5.41) is 2.70. The van der Waals surface area contributed by atoms with E-state index in [0.717, 1.165) is 0 Å². The van der Waals surface area contributed by atoms with Crippen LogP contribution in [0.15, 0.2) is 0 Å². The van der Waals surface area contributed by atoms with Gasteiger partial charge in [-0.1, -0.05) is 0 Å². The van der Waals surface area contributed by atoms with Crippen molar-refractivity contribution in [2.75, 3.05) is 13.1 Å². The zero-order valence-corrected chi connectivity index (χ0v) is 12.6. The molecule has 1 N–H and O–H groups in total. The van der Waals surface area contributed by atoms with E-state index in [0.29, 0.717) is 13.1 Å². The second-order valence-electron chi connectivity index (χ2n) is 6.79. The largest absolute Gasteiger partial charge is 0.444 e. The van der Waals surface area contributed by atoms with Gasteiger partial charge in [-0.2, -0.15) is 0 Å². The van der Waals surface area contributed by atoms with E-state index in [4.69, 9.17) is 9.47 Å². The summed E-state index contributed by atoms with van der Waals surface area (Å²) in [6.07, 6.45) is -1.08. The lowest BCUT2D eigenvalue weighted by molar-refractivity contribution is -0.0375. The van der Waals surface area contributed by atoms with E-state index in [-0.39, 0.29) is 17.7 Å². The lowest BCUT2D eigenvalue weighted by Crippen LogP contribution is -2.57. The second kappa shape index (κ2) is 5.27. The molecule has 0 aliphatic carbocycles. The minimum Gasteiger partial charge on any atom is -0.444 e. The third-order valence-electron chi connectivity index (χ3n) is 2.25. The normalized spacial score (nSPS) is 16.6. The van der Waals surface area contributed by atoms with Crippen molar-refractivity contribution in [3.8, 4) is 0 Å². The van der Waals surface area contributed by atoms with Gasteiger partial charge >= 0.3 is 12.2 Å². The van der Waals surface area contributed by atoms with Gasteiger partial charge in [-0.25, -0.2) is 9.59 Å². The molecule has 110 valence electrons. The Balaban J connectivity index is 2.27. The second-order valence-corrected chi connectivity index (χ2v) is 6.79. The van der Waals surface area contributed by atoms with Crippen LogP contribution < -0.4 is 5.32 Å². The van der Waals surface area contributed by atoms with Crippen LogP contribution >= 0.6 is 0 Å². The van der Waals surface area contributed by atoms with Gasteiger partial charge < -0.3 is 19.7 Å². The van der Waals surface area contributed by atoms with Crippen molar-refractivity contribution < 1.29 is 19.1 Å². The van der Waals surface area contributed by atoms with Gasteiger partial charge in [0.25, 0.3) is 0 Å². The zero-order chi connectivity index (χ0) is 14.8. The molecule has 1 aliphatic heterocycles. The topological polar surface area (TPSA) is 67.9 Å². The summed E-state index contributed by atoms with van der Waals surface area (Å²) < 4.78 is 10.4. The average molecular weight is 272 g/mol. The molecule has 0 aromatic rings. The summed E-state index contributed by atoms with van der Waals surface area (Å²) in [6.45, 7) is 11.8. The Labute approximate surface area is 114 Å². The van der Waals surface area contributed by atoms with Crippen molar-refractivity contribution in [2.24, 2.45) is 0 Å². The van der Waals surface area contributed by atoms with Gasteiger partial charge in [0.2, 0.25) is 0 Å². The fraction of sp³-hybridized carbons (Fsp3) is 0.846. The molecule has 2 amide bonds. The smallest absolute Gasteiger partial charge is 0.410 e. The van der Waals surface area contributed by atoms with E-state index in [1.54, 1.807) is 0 Å². The van der Waals surface area contributed by atoms with Gasteiger partial charge in [0, 0.05) is 5.54 Å². The fourth-order valence-electron chi connectivity index (χ4n) is 1.48. The Kier molecular flexibility index (Phi) is 4.32. The Morgan fingerprint density at radius 2 is 1.63 bits per heavy atom. The predicted octanol–water partition coefficient (Wildman–Crippen LogP) is 2.13. The van der Waals surface area contributed by atoms with Gasteiger partial charge in [-0.15, -0.1) is 0 Å². The number of hydrogen-bond donors (Lipinski definition) is 1. The maximum atomic E-state index is 11.6. The van der Waals surface area contributed by atoms with Gasteiger partial charge in [0.1, 0.15) is 11.7 Å². The first-order chi connectivity index (χ1) is 8.46. The minimum atomic E-state index is -0.507. The Bertz CT molecular complexity index is 349. The highest BCUT2D eigenvalue weighted by Gasteiger charge is 2.36. The van der Waals surface area contributed by atoms with Crippen LogP contribution in [0, 0.1) is 0 Å². The number of ether oxygens (including phenoxy) is 2. The van der Waals surface area contributed by atoms with Crippen LogP contribution in [-0.2, 0) is 9.47 Å². The standard InChI is InChI=1S/C13H24N2O4/c1-12(2,3)14-10(16)18-9-7-15(8-9)11(17)19-13(4,5)6/h9H,7-8H2,1-6H3,(H,14,16). The van der Waals surface area contributed by atoms with Crippen LogP contribution in [0.1, 0.15) is 41.5 Å². The molecule has 1 heterocycles. The van der Waals surface area contributed by atoms with E-state index in [1.807, 2.05) is 41.5 Å². The number of amides is 2. The van der Waals surface area contributed by atoms with E-state index in [1.165, 1.54) is 4.90 Å². The molecule has 0 radical (unpaired) electrons. The van der Waals surface area contributed by atoms with E-state index in [2.05, 4.69) is 5.32 Å². The van der Waals surface area contributed by atoms with Gasteiger partial charge in [-0.05, 0) is 41.5 Å². The van der Waals surface area contributed by atoms with Crippen molar-refractivity contribution in [3.05, 3.63) is 0 Å². The summed E-state index contributed by atoms with van der Waals surface area (Å²) in [7, 11) is 0. The minimum absolute atomic E-state index is 0.255. The summed E-state index contributed by atoms with van der Waals surface area (Å²) in [6, 6.07) is 0. The molecular formula is C13H24N2O4. The highest BCUT2D eigenvalue weighted by Crippen LogP contribution is 2.17. The average Bonchev–Trinajstić information content (AvgIpc) is 2.03. The number of rotatable bonds is 1. The highest BCUT2D eigenvalue weighted by atomic mass is 16.6. The van der Waals surface area contributed by atoms with Crippen LogP contribution in [-0.4, -0.2) is 47.4 Å². The molecule has 1 rings (SSSR count). The Morgan fingerprint density at radius 1 is 1.11 bits per heavy atom. The summed E-state index contributed by atoms with van der Waals surface area (Å²) >= 11 is 0. The Morgan fingerprint density at radius 3 is 2.05 bits per heavy atom. The highest BCUT2D eigenvalue weighted by molar-refractivity contribution is 5.71. The van der Waals surface area contributed by atoms with Crippen molar-refractivity contribution >= 4 is 12.2 Å². The molecule has 0 atom stereocenters. The molecule has 1 aliphatic rings. The molecule has 6 heteroatoms. The number of alkyl carbamates (subject to hydrolysis) is 1. The molecule has 0 aromatic heterocycles. The monoisotopic (exact) mass is 272 g/mol. The van der Waals surface area contributed by atoms with Crippen molar-refractivity contribution in [1.29, 1.82) is 0 Å². The molecule has 19 heavy (non-hydrogen) atoms. The summed E-state index contributed by atoms with van der Waals surface area (Å²) in [5.74, 6) is 0. The molecule has 0 bridgehead atoms. The third kappa shape index (κ3) is 5.81. The van der Waals surface area contributed by atoms with E-state index < -0.39 is 11.7 Å². The van der Waals surface area contributed by atoms with Crippen LogP contribution in [0.4, 0.5) is 9.59 Å². The molecule has 0 saturated carbocycles. The number of carbonyl (C=O) groups excluding carboxylic acids is 2. The molecule has 1 fully saturated rings. The lowest BCUT2D eigenvalue weighted by Gasteiger charge is -2.39. The summed E-state index contributed by atoms with van der Waals surface area (Å²) in [5.41, 5.74) is -0.835. The molecule has 0 aromatic carbocycles. The Hall–Kier alpha value is -1.46. The molecular weight excluding hydrogens is 248 g/mol. The molecule has 1 saturated heterocycles. The quantitative estimate of drug-likeness (QED) is 0.794. The molecule has 0 spiro atoms. The first kappa shape index (κ1) is 15.6. The number of hydrogen-bond acceptors (Lipinski definition) is 4. The zero-order valence-electron chi connectivity index (χ0n) is 12.6. The predicted molar refractivity (Wildman–Crippen MR) is 71.0 cm³/mol. The van der Waals surface area contributed by atoms with Crippen LogP contribution in [0.25, 0.3) is 0 Å². The maximum Gasteiger partial charge on any atom is 0.410 e. The van der Waals surface area contributed by atoms with Crippen molar-refractivity contribution in [3.63, 3.8) is 0 Å². The molecule has 0 unspecified atom stereocenters. The number of nitrogens with zero attached hydrogens (tertiary/aromatic N) is 1. The fourth-order valence-corrected chi connectivity index (χ4v) is 1.48. The first-order valence-electron chi connectivity index (χ1n) is 6.43. The number of likely N-dealkylation sites (tertiary alicyclic amines) is 1. The van der Waals surface area contributed by atoms with Crippen LogP contribution in [0.5, 0.6) is 0 Å². The van der Waals surface area contributed by atoms with Crippen molar-refractivity contribution in [1.82, 2.24) is 10.2 Å². The van der Waals surface area contributed by atoms with Crippen LogP contribution in [0.2, 0.25) is 0 Å².